The Kier molecular flexibility index (Phi) is 3.09. The predicted molar refractivity (Wildman–Crippen MR) is 69.7 cm³/mol. The van der Waals surface area contributed by atoms with Crippen molar-refractivity contribution in [2.45, 2.75) is 0 Å². The van der Waals surface area contributed by atoms with Crippen molar-refractivity contribution in [3.63, 3.8) is 0 Å². The van der Waals surface area contributed by atoms with E-state index in [0.717, 1.165) is 18.2 Å². The second-order valence-corrected chi connectivity index (χ2v) is 4.27. The van der Waals surface area contributed by atoms with Crippen LogP contribution in [0.1, 0.15) is 10.5 Å². The Balaban J connectivity index is 2.19. The number of nitrogens with zero attached hydrogens (tertiary/aromatic N) is 3. The Morgan fingerprint density at radius 2 is 1.90 bits per heavy atom. The van der Waals surface area contributed by atoms with Crippen LogP contribution in [0.3, 0.4) is 0 Å². The normalized spacial score (nSPS) is 10.8. The summed E-state index contributed by atoms with van der Waals surface area (Å²) in [5, 5.41) is 4.11. The van der Waals surface area contributed by atoms with Crippen LogP contribution in [0.5, 0.6) is 0 Å². The van der Waals surface area contributed by atoms with Crippen LogP contribution in [0, 0.1) is 11.6 Å². The van der Waals surface area contributed by atoms with Gasteiger partial charge in [0.25, 0.3) is 0 Å². The smallest absolute Gasteiger partial charge is 0.356 e. The van der Waals surface area contributed by atoms with Gasteiger partial charge < -0.3 is 4.74 Å². The van der Waals surface area contributed by atoms with E-state index in [0.29, 0.717) is 5.65 Å². The van der Waals surface area contributed by atoms with Crippen LogP contribution >= 0.6 is 0 Å². The van der Waals surface area contributed by atoms with Crippen molar-refractivity contribution >= 4 is 11.6 Å². The lowest BCUT2D eigenvalue weighted by Gasteiger charge is -2.00. The van der Waals surface area contributed by atoms with Crippen LogP contribution in [-0.2, 0) is 4.74 Å². The molecule has 0 amide bonds. The van der Waals surface area contributed by atoms with Gasteiger partial charge in [-0.15, -0.1) is 5.10 Å². The zero-order chi connectivity index (χ0) is 15.0. The third-order valence-electron chi connectivity index (χ3n) is 2.88. The summed E-state index contributed by atoms with van der Waals surface area (Å²) in [6.45, 7) is 0. The molecule has 2 heterocycles. The minimum Gasteiger partial charge on any atom is -0.464 e. The maximum Gasteiger partial charge on any atom is 0.356 e. The van der Waals surface area contributed by atoms with Gasteiger partial charge in [-0.25, -0.2) is 23.1 Å². The van der Waals surface area contributed by atoms with Gasteiger partial charge >= 0.3 is 5.97 Å². The number of hydrogen-bond acceptors (Lipinski definition) is 4. The molecule has 2 aromatic heterocycles. The van der Waals surface area contributed by atoms with Crippen LogP contribution in [0.4, 0.5) is 8.78 Å². The molecule has 0 aliphatic carbocycles. The van der Waals surface area contributed by atoms with Gasteiger partial charge in [0.15, 0.2) is 17.2 Å². The second-order valence-electron chi connectivity index (χ2n) is 4.27. The highest BCUT2D eigenvalue weighted by Crippen LogP contribution is 2.20. The van der Waals surface area contributed by atoms with Gasteiger partial charge in [-0.1, -0.05) is 6.07 Å². The average Bonchev–Trinajstić information content (AvgIpc) is 2.89. The van der Waals surface area contributed by atoms with Crippen LogP contribution in [0.15, 0.2) is 36.4 Å². The maximum absolute atomic E-state index is 13.3. The number of hydrogen-bond donors (Lipinski definition) is 0. The Morgan fingerprint density at radius 3 is 2.57 bits per heavy atom. The molecule has 0 saturated heterocycles. The number of benzene rings is 1. The molecule has 0 saturated carbocycles. The summed E-state index contributed by atoms with van der Waals surface area (Å²) >= 11 is 0. The first kappa shape index (κ1) is 13.2. The number of carbonyl (C=O) groups is 1. The zero-order valence-corrected chi connectivity index (χ0v) is 10.9. The summed E-state index contributed by atoms with van der Waals surface area (Å²) in [5.41, 5.74) is 0.732. The highest BCUT2D eigenvalue weighted by Gasteiger charge is 2.15. The standard InChI is InChI=1S/C14H9F2N3O2/c1-21-14(20)11-3-2-4-12-17-13(18-19(11)12)8-5-9(15)7-10(16)6-8/h2-7H,1H3. The van der Waals surface area contributed by atoms with E-state index in [9.17, 15) is 13.6 Å². The first-order valence-electron chi connectivity index (χ1n) is 5.99. The van der Waals surface area contributed by atoms with Crippen molar-refractivity contribution in [1.29, 1.82) is 0 Å². The highest BCUT2D eigenvalue weighted by molar-refractivity contribution is 5.88. The van der Waals surface area contributed by atoms with Crippen molar-refractivity contribution in [2.75, 3.05) is 7.11 Å². The summed E-state index contributed by atoms with van der Waals surface area (Å²) in [7, 11) is 1.25. The van der Waals surface area contributed by atoms with Crippen LogP contribution < -0.4 is 0 Å². The molecular weight excluding hydrogens is 280 g/mol. The predicted octanol–water partition coefficient (Wildman–Crippen LogP) is 2.46. The van der Waals surface area contributed by atoms with E-state index >= 15 is 0 Å². The molecule has 5 nitrogen and oxygen atoms in total. The Bertz CT molecular complexity index is 825. The Morgan fingerprint density at radius 1 is 1.19 bits per heavy atom. The van der Waals surface area contributed by atoms with E-state index < -0.39 is 17.6 Å². The summed E-state index contributed by atoms with van der Waals surface area (Å²) in [6.07, 6.45) is 0. The van der Waals surface area contributed by atoms with Gasteiger partial charge in [-0.05, 0) is 24.3 Å². The van der Waals surface area contributed by atoms with Crippen LogP contribution in [-0.4, -0.2) is 27.7 Å². The number of methoxy groups -OCH3 is 1. The van der Waals surface area contributed by atoms with E-state index in [2.05, 4.69) is 14.8 Å². The molecule has 3 aromatic rings. The highest BCUT2D eigenvalue weighted by atomic mass is 19.1. The van der Waals surface area contributed by atoms with Crippen molar-refractivity contribution in [1.82, 2.24) is 14.6 Å². The number of aromatic nitrogens is 3. The summed E-state index contributed by atoms with van der Waals surface area (Å²) in [6, 6.07) is 7.76. The minimum absolute atomic E-state index is 0.116. The Labute approximate surface area is 117 Å². The largest absolute Gasteiger partial charge is 0.464 e. The lowest BCUT2D eigenvalue weighted by Crippen LogP contribution is -2.08. The molecule has 0 atom stereocenters. The molecule has 7 heteroatoms. The molecular formula is C14H9F2N3O2. The summed E-state index contributed by atoms with van der Waals surface area (Å²) in [5.74, 6) is -1.92. The fourth-order valence-corrected chi connectivity index (χ4v) is 1.97. The van der Waals surface area contributed by atoms with Gasteiger partial charge in [-0.3, -0.25) is 0 Å². The average molecular weight is 289 g/mol. The third-order valence-corrected chi connectivity index (χ3v) is 2.88. The van der Waals surface area contributed by atoms with Gasteiger partial charge in [-0.2, -0.15) is 0 Å². The van der Waals surface area contributed by atoms with Crippen LogP contribution in [0.25, 0.3) is 17.0 Å². The fraction of sp³-hybridized carbons (Fsp3) is 0.0714. The number of carbonyl (C=O) groups excluding carboxylic acids is 1. The molecule has 106 valence electrons. The number of halogens is 2. The molecule has 0 N–H and O–H groups in total. The molecule has 21 heavy (non-hydrogen) atoms. The second kappa shape index (κ2) is 4.93. The molecule has 3 rings (SSSR count). The van der Waals surface area contributed by atoms with Gasteiger partial charge in [0.05, 0.1) is 7.11 Å². The summed E-state index contributed by atoms with van der Waals surface area (Å²) < 4.78 is 32.4. The number of esters is 1. The number of ether oxygens (including phenoxy) is 1. The molecule has 1 aromatic carbocycles. The molecule has 0 unspecified atom stereocenters. The SMILES string of the molecule is COC(=O)c1cccc2nc(-c3cc(F)cc(F)c3)nn12. The zero-order valence-electron chi connectivity index (χ0n) is 10.9. The monoisotopic (exact) mass is 289 g/mol. The molecule has 0 fully saturated rings. The van der Waals surface area contributed by atoms with E-state index in [1.54, 1.807) is 12.1 Å². The first-order chi connectivity index (χ1) is 10.1. The fourth-order valence-electron chi connectivity index (χ4n) is 1.97. The van der Waals surface area contributed by atoms with E-state index in [-0.39, 0.29) is 17.1 Å². The number of rotatable bonds is 2. The molecule has 0 aliphatic rings. The molecule has 0 aliphatic heterocycles. The van der Waals surface area contributed by atoms with Crippen molar-refractivity contribution in [2.24, 2.45) is 0 Å². The third kappa shape index (κ3) is 2.33. The molecule has 0 bridgehead atoms. The van der Waals surface area contributed by atoms with Gasteiger partial charge in [0.2, 0.25) is 0 Å². The van der Waals surface area contributed by atoms with Gasteiger partial charge in [0, 0.05) is 11.6 Å². The topological polar surface area (TPSA) is 56.5 Å². The lowest BCUT2D eigenvalue weighted by molar-refractivity contribution is 0.0591. The lowest BCUT2D eigenvalue weighted by atomic mass is 10.2. The minimum atomic E-state index is -0.725. The summed E-state index contributed by atoms with van der Waals surface area (Å²) in [4.78, 5) is 15.8. The van der Waals surface area contributed by atoms with E-state index in [4.69, 9.17) is 0 Å². The number of pyridine rings is 1. The van der Waals surface area contributed by atoms with E-state index in [1.807, 2.05) is 0 Å². The quantitative estimate of drug-likeness (QED) is 0.680. The first-order valence-corrected chi connectivity index (χ1v) is 5.99. The van der Waals surface area contributed by atoms with Crippen molar-refractivity contribution in [3.05, 3.63) is 53.7 Å². The van der Waals surface area contributed by atoms with Crippen molar-refractivity contribution in [3.8, 4) is 11.4 Å². The molecule has 0 radical (unpaired) electrons. The van der Waals surface area contributed by atoms with E-state index in [1.165, 1.54) is 17.7 Å². The number of fused-ring (bicyclic) bond motifs is 1. The van der Waals surface area contributed by atoms with Crippen LogP contribution in [0.2, 0.25) is 0 Å². The van der Waals surface area contributed by atoms with Gasteiger partial charge in [0.1, 0.15) is 11.6 Å². The van der Waals surface area contributed by atoms with Crippen molar-refractivity contribution < 1.29 is 18.3 Å². The molecule has 0 spiro atoms. The Hall–Kier alpha value is -2.83. The maximum atomic E-state index is 13.3.